The second-order valence-corrected chi connectivity index (χ2v) is 13.3. The lowest BCUT2D eigenvalue weighted by Gasteiger charge is -2.40. The first-order valence-corrected chi connectivity index (χ1v) is 17.4. The first kappa shape index (κ1) is 34.6. The number of nitrogens with zero attached hydrogens (tertiary/aromatic N) is 1. The lowest BCUT2D eigenvalue weighted by atomic mass is 9.83. The highest BCUT2D eigenvalue weighted by molar-refractivity contribution is 5.76. The van der Waals surface area contributed by atoms with Gasteiger partial charge in [-0.2, -0.15) is 0 Å². The Bertz CT molecular complexity index is 1450. The maximum Gasteiger partial charge on any atom is 0.407 e. The molecule has 4 atom stereocenters. The predicted octanol–water partition coefficient (Wildman–Crippen LogP) is 6.36. The molecule has 1 aliphatic heterocycles. The zero-order valence-corrected chi connectivity index (χ0v) is 28.0. The van der Waals surface area contributed by atoms with Crippen LogP contribution in [0.5, 0.6) is 0 Å². The SMILES string of the molecule is COCCCOC(c1ccccc1)C1CCCN(c2c(N[C@@H](CC3CCCCC3)[C@H](C)NC(=O)OCc3ccccc3)c(=O)c2=O)C1. The summed E-state index contributed by atoms with van der Waals surface area (Å²) in [4.78, 5) is 41.2. The molecule has 9 nitrogen and oxygen atoms in total. The molecule has 0 spiro atoms. The van der Waals surface area contributed by atoms with Crippen LogP contribution in [-0.4, -0.2) is 51.6 Å². The molecule has 3 aromatic carbocycles. The van der Waals surface area contributed by atoms with Crippen molar-refractivity contribution in [2.75, 3.05) is 43.6 Å². The van der Waals surface area contributed by atoms with Crippen LogP contribution >= 0.6 is 0 Å². The Kier molecular flexibility index (Phi) is 12.9. The average Bonchev–Trinajstić information content (AvgIpc) is 3.11. The number of benzene rings is 2. The molecular weight excluding hydrogens is 594 g/mol. The molecule has 1 heterocycles. The van der Waals surface area contributed by atoms with Gasteiger partial charge in [0.2, 0.25) is 0 Å². The summed E-state index contributed by atoms with van der Waals surface area (Å²) in [6, 6.07) is 19.3. The van der Waals surface area contributed by atoms with Gasteiger partial charge in [-0.1, -0.05) is 92.8 Å². The zero-order valence-electron chi connectivity index (χ0n) is 28.0. The van der Waals surface area contributed by atoms with Crippen LogP contribution in [0, 0.1) is 11.8 Å². The molecule has 2 fully saturated rings. The maximum atomic E-state index is 13.2. The second kappa shape index (κ2) is 17.5. The van der Waals surface area contributed by atoms with Crippen LogP contribution < -0.4 is 26.4 Å². The summed E-state index contributed by atoms with van der Waals surface area (Å²) in [6.07, 6.45) is 8.71. The zero-order chi connectivity index (χ0) is 33.0. The summed E-state index contributed by atoms with van der Waals surface area (Å²) >= 11 is 0. The lowest BCUT2D eigenvalue weighted by Crippen LogP contribution is -2.51. The molecule has 1 saturated heterocycles. The molecule has 3 aromatic rings. The molecule has 9 heteroatoms. The van der Waals surface area contributed by atoms with Crippen molar-refractivity contribution in [2.45, 2.75) is 89.5 Å². The number of methoxy groups -OCH3 is 1. The molecule has 2 N–H and O–H groups in total. The molecule has 254 valence electrons. The number of anilines is 2. The van der Waals surface area contributed by atoms with Crippen LogP contribution in [0.2, 0.25) is 0 Å². The van der Waals surface area contributed by atoms with Crippen molar-refractivity contribution in [3.8, 4) is 0 Å². The Morgan fingerprint density at radius 2 is 1.64 bits per heavy atom. The van der Waals surface area contributed by atoms with Gasteiger partial charge in [-0.15, -0.1) is 0 Å². The Labute approximate surface area is 278 Å². The molecule has 1 saturated carbocycles. The number of piperidine rings is 1. The van der Waals surface area contributed by atoms with Crippen LogP contribution in [-0.2, 0) is 20.8 Å². The molecule has 1 amide bonds. The van der Waals surface area contributed by atoms with E-state index in [1.807, 2.05) is 55.5 Å². The standard InChI is InChI=1S/C38H51N3O6/c1-27(39-38(44)47-26-29-16-8-4-9-17-29)32(24-28-14-6-3-7-15-28)40-33-34(36(43)35(33)42)41-21-12-20-31(25-41)37(46-23-13-22-45-2)30-18-10-5-11-19-30/h4-5,8-11,16-19,27-28,31-32,37,40H,3,6-7,12-15,20-26H2,1-2H3,(H,39,44)/t27-,31?,32-,37?/m0/s1. The third kappa shape index (κ3) is 9.45. The van der Waals surface area contributed by atoms with E-state index in [1.54, 1.807) is 7.11 Å². The van der Waals surface area contributed by atoms with E-state index < -0.39 is 17.0 Å². The fraction of sp³-hybridized carbons (Fsp3) is 0.553. The summed E-state index contributed by atoms with van der Waals surface area (Å²) in [5.41, 5.74) is 1.95. The van der Waals surface area contributed by atoms with E-state index in [0.29, 0.717) is 43.6 Å². The molecular formula is C38H51N3O6. The molecule has 2 aliphatic rings. The molecule has 0 bridgehead atoms. The van der Waals surface area contributed by atoms with E-state index in [1.165, 1.54) is 19.3 Å². The molecule has 5 rings (SSSR count). The van der Waals surface area contributed by atoms with Crippen LogP contribution in [0.25, 0.3) is 0 Å². The summed E-state index contributed by atoms with van der Waals surface area (Å²) < 4.78 is 17.2. The summed E-state index contributed by atoms with van der Waals surface area (Å²) in [6.45, 7) is 4.66. The van der Waals surface area contributed by atoms with Gasteiger partial charge < -0.3 is 29.7 Å². The number of rotatable bonds is 16. The Balaban J connectivity index is 1.30. The van der Waals surface area contributed by atoms with Crippen LogP contribution in [0.15, 0.2) is 70.3 Å². The first-order valence-electron chi connectivity index (χ1n) is 17.4. The number of carbonyl (C=O) groups excluding carboxylic acids is 1. The Morgan fingerprint density at radius 3 is 2.36 bits per heavy atom. The van der Waals surface area contributed by atoms with Gasteiger partial charge in [0, 0.05) is 51.4 Å². The van der Waals surface area contributed by atoms with Gasteiger partial charge in [-0.25, -0.2) is 4.79 Å². The van der Waals surface area contributed by atoms with E-state index in [4.69, 9.17) is 14.2 Å². The fourth-order valence-electron chi connectivity index (χ4n) is 7.24. The van der Waals surface area contributed by atoms with Crippen LogP contribution in [0.4, 0.5) is 16.2 Å². The predicted molar refractivity (Wildman–Crippen MR) is 186 cm³/mol. The Morgan fingerprint density at radius 1 is 0.915 bits per heavy atom. The van der Waals surface area contributed by atoms with Crippen molar-refractivity contribution in [2.24, 2.45) is 11.8 Å². The highest BCUT2D eigenvalue weighted by Crippen LogP contribution is 2.36. The largest absolute Gasteiger partial charge is 0.445 e. The monoisotopic (exact) mass is 645 g/mol. The summed E-state index contributed by atoms with van der Waals surface area (Å²) in [7, 11) is 1.69. The highest BCUT2D eigenvalue weighted by atomic mass is 16.5. The number of nitrogens with one attached hydrogen (secondary N) is 2. The van der Waals surface area contributed by atoms with Gasteiger partial charge >= 0.3 is 6.09 Å². The minimum absolute atomic E-state index is 0.121. The second-order valence-electron chi connectivity index (χ2n) is 13.3. The maximum absolute atomic E-state index is 13.2. The molecule has 2 unspecified atom stereocenters. The average molecular weight is 646 g/mol. The quantitative estimate of drug-likeness (QED) is 0.137. The third-order valence-electron chi connectivity index (χ3n) is 9.81. The first-order chi connectivity index (χ1) is 22.9. The number of hydrogen-bond donors (Lipinski definition) is 2. The minimum atomic E-state index is -0.502. The van der Waals surface area contributed by atoms with Gasteiger partial charge in [0.25, 0.3) is 10.9 Å². The number of hydrogen-bond acceptors (Lipinski definition) is 8. The van der Waals surface area contributed by atoms with Crippen LogP contribution in [0.1, 0.15) is 81.9 Å². The minimum Gasteiger partial charge on any atom is -0.445 e. The molecule has 0 aromatic heterocycles. The van der Waals surface area contributed by atoms with Gasteiger partial charge in [-0.3, -0.25) is 9.59 Å². The van der Waals surface area contributed by atoms with Crippen LogP contribution in [0.3, 0.4) is 0 Å². The Hall–Kier alpha value is -3.69. The van der Waals surface area contributed by atoms with E-state index in [0.717, 1.165) is 49.7 Å². The fourth-order valence-corrected chi connectivity index (χ4v) is 7.24. The number of amides is 1. The van der Waals surface area contributed by atoms with E-state index in [9.17, 15) is 14.4 Å². The molecule has 47 heavy (non-hydrogen) atoms. The topological polar surface area (TPSA) is 106 Å². The smallest absolute Gasteiger partial charge is 0.407 e. The van der Waals surface area contributed by atoms with Crippen molar-refractivity contribution in [3.05, 3.63) is 92.2 Å². The van der Waals surface area contributed by atoms with E-state index in [2.05, 4.69) is 27.7 Å². The van der Waals surface area contributed by atoms with E-state index in [-0.39, 0.29) is 30.7 Å². The van der Waals surface area contributed by atoms with Crippen molar-refractivity contribution in [1.82, 2.24) is 5.32 Å². The van der Waals surface area contributed by atoms with Gasteiger partial charge in [0.1, 0.15) is 18.0 Å². The van der Waals surface area contributed by atoms with Crippen molar-refractivity contribution < 1.29 is 19.0 Å². The number of alkyl carbamates (subject to hydrolysis) is 1. The van der Waals surface area contributed by atoms with Gasteiger partial charge in [0.15, 0.2) is 0 Å². The van der Waals surface area contributed by atoms with Crippen molar-refractivity contribution in [3.63, 3.8) is 0 Å². The summed E-state index contributed by atoms with van der Waals surface area (Å²) in [5, 5.41) is 6.48. The van der Waals surface area contributed by atoms with Gasteiger partial charge in [0.05, 0.1) is 6.10 Å². The van der Waals surface area contributed by atoms with Crippen molar-refractivity contribution in [1.29, 1.82) is 0 Å². The van der Waals surface area contributed by atoms with Gasteiger partial charge in [-0.05, 0) is 49.7 Å². The normalized spacial score (nSPS) is 19.2. The number of carbonyl (C=O) groups is 1. The number of ether oxygens (including phenoxy) is 3. The van der Waals surface area contributed by atoms with E-state index >= 15 is 0 Å². The highest BCUT2D eigenvalue weighted by Gasteiger charge is 2.35. The molecule has 1 aliphatic carbocycles. The summed E-state index contributed by atoms with van der Waals surface area (Å²) in [5.74, 6) is 0.644. The van der Waals surface area contributed by atoms with Crippen molar-refractivity contribution >= 4 is 17.5 Å². The molecule has 0 radical (unpaired) electrons. The third-order valence-corrected chi connectivity index (χ3v) is 9.81. The lowest BCUT2D eigenvalue weighted by molar-refractivity contribution is -0.00235.